The van der Waals surface area contributed by atoms with Crippen molar-refractivity contribution in [1.29, 1.82) is 0 Å². The van der Waals surface area contributed by atoms with E-state index in [-0.39, 0.29) is 54.4 Å². The molecule has 1 aromatic carbocycles. The minimum absolute atomic E-state index is 0.0468. The van der Waals surface area contributed by atoms with Gasteiger partial charge >= 0.3 is 0 Å². The summed E-state index contributed by atoms with van der Waals surface area (Å²) in [5.41, 5.74) is 0.802. The first-order chi connectivity index (χ1) is 16.3. The quantitative estimate of drug-likeness (QED) is 0.484. The highest BCUT2D eigenvalue weighted by Gasteiger charge is 2.45. The van der Waals surface area contributed by atoms with Crippen LogP contribution in [0.2, 0.25) is 0 Å². The summed E-state index contributed by atoms with van der Waals surface area (Å²) in [6, 6.07) is 7.50. The fourth-order valence-electron chi connectivity index (χ4n) is 4.72. The number of benzene rings is 1. The molecule has 5 heterocycles. The van der Waals surface area contributed by atoms with Gasteiger partial charge in [-0.15, -0.1) is 0 Å². The highest BCUT2D eigenvalue weighted by atomic mass is 19.1. The van der Waals surface area contributed by atoms with Gasteiger partial charge in [0.05, 0.1) is 18.1 Å². The van der Waals surface area contributed by atoms with E-state index in [1.807, 2.05) is 6.92 Å². The zero-order valence-corrected chi connectivity index (χ0v) is 17.9. The lowest BCUT2D eigenvalue weighted by molar-refractivity contribution is -0.120. The maximum absolute atomic E-state index is 14.3. The van der Waals surface area contributed by atoms with Crippen LogP contribution in [-0.2, 0) is 21.5 Å². The van der Waals surface area contributed by atoms with Crippen molar-refractivity contribution in [2.24, 2.45) is 0 Å². The molecule has 0 atom stereocenters. The maximum Gasteiger partial charge on any atom is 0.226 e. The Bertz CT molecular complexity index is 1490. The molecule has 2 aliphatic rings. The Labute approximate surface area is 191 Å². The van der Waals surface area contributed by atoms with E-state index in [4.69, 9.17) is 0 Å². The standard InChI is InChI=1S/C23H17F2N7O2/c1-23-7-15(33)27-19-17(23)20(28-16(34)8-23)30-21(29-19)18-13-6-12(24)9-26-22(13)32(31-18)10-11-4-2-3-5-14(11)25/h2-6,9H,7-8,10H2,1H3,(H2,27,28,29,30,33,34). The molecule has 9 nitrogen and oxygen atoms in total. The van der Waals surface area contributed by atoms with Gasteiger partial charge in [-0.2, -0.15) is 5.10 Å². The second-order valence-electron chi connectivity index (χ2n) is 8.75. The lowest BCUT2D eigenvalue weighted by atomic mass is 9.73. The molecule has 6 rings (SSSR count). The average molecular weight is 461 g/mol. The summed E-state index contributed by atoms with van der Waals surface area (Å²) in [5.74, 6) is -0.891. The fourth-order valence-corrected chi connectivity index (χ4v) is 4.72. The number of aromatic nitrogens is 5. The second kappa shape index (κ2) is 7.11. The molecule has 0 fully saturated rings. The van der Waals surface area contributed by atoms with Crippen molar-refractivity contribution in [1.82, 2.24) is 24.7 Å². The van der Waals surface area contributed by atoms with Crippen LogP contribution in [0, 0.1) is 11.6 Å². The van der Waals surface area contributed by atoms with Gasteiger partial charge in [-0.1, -0.05) is 25.1 Å². The van der Waals surface area contributed by atoms with Crippen molar-refractivity contribution in [3.05, 3.63) is 59.3 Å². The highest BCUT2D eigenvalue weighted by molar-refractivity contribution is 6.03. The van der Waals surface area contributed by atoms with Gasteiger partial charge in [0.25, 0.3) is 0 Å². The molecule has 0 aliphatic carbocycles. The summed E-state index contributed by atoms with van der Waals surface area (Å²) in [4.78, 5) is 37.9. The summed E-state index contributed by atoms with van der Waals surface area (Å²) < 4.78 is 29.9. The largest absolute Gasteiger partial charge is 0.310 e. The molecule has 0 saturated carbocycles. The van der Waals surface area contributed by atoms with Crippen LogP contribution in [0.4, 0.5) is 20.4 Å². The van der Waals surface area contributed by atoms with E-state index >= 15 is 0 Å². The number of carbonyl (C=O) groups excluding carboxylic acids is 2. The van der Waals surface area contributed by atoms with E-state index in [2.05, 4.69) is 30.7 Å². The van der Waals surface area contributed by atoms with Crippen molar-refractivity contribution in [2.45, 2.75) is 31.7 Å². The summed E-state index contributed by atoms with van der Waals surface area (Å²) in [6.07, 6.45) is 1.33. The number of fused-ring (bicyclic) bond motifs is 1. The van der Waals surface area contributed by atoms with E-state index in [0.717, 1.165) is 6.20 Å². The molecule has 0 saturated heterocycles. The Morgan fingerprint density at radius 2 is 1.74 bits per heavy atom. The topological polar surface area (TPSA) is 115 Å². The van der Waals surface area contributed by atoms with Crippen LogP contribution in [0.15, 0.2) is 36.5 Å². The fraction of sp³-hybridized carbons (Fsp3) is 0.217. The first kappa shape index (κ1) is 20.3. The zero-order chi connectivity index (χ0) is 23.6. The van der Waals surface area contributed by atoms with Crippen LogP contribution in [0.5, 0.6) is 0 Å². The molecule has 0 radical (unpaired) electrons. The summed E-state index contributed by atoms with van der Waals surface area (Å²) in [6.45, 7) is 1.87. The number of hydrogen-bond donors (Lipinski definition) is 2. The van der Waals surface area contributed by atoms with Crippen LogP contribution >= 0.6 is 0 Å². The Balaban J connectivity index is 1.55. The van der Waals surface area contributed by atoms with Gasteiger partial charge in [-0.25, -0.2) is 28.4 Å². The van der Waals surface area contributed by atoms with Crippen molar-refractivity contribution >= 4 is 34.5 Å². The molecule has 4 aromatic rings. The van der Waals surface area contributed by atoms with E-state index in [9.17, 15) is 18.4 Å². The number of halogens is 2. The SMILES string of the molecule is CC12CC(=O)Nc3nc(-c4nn(Cc5ccccc5F)c5ncc(F)cc45)nc(c31)NC(=O)C2. The molecule has 0 bridgehead atoms. The van der Waals surface area contributed by atoms with Gasteiger partial charge in [0, 0.05) is 29.4 Å². The Morgan fingerprint density at radius 1 is 1.06 bits per heavy atom. The van der Waals surface area contributed by atoms with E-state index in [1.165, 1.54) is 16.8 Å². The molecule has 0 unspecified atom stereocenters. The minimum atomic E-state index is -0.728. The number of nitrogens with one attached hydrogen (secondary N) is 2. The third-order valence-electron chi connectivity index (χ3n) is 6.17. The molecular weight excluding hydrogens is 444 g/mol. The minimum Gasteiger partial charge on any atom is -0.310 e. The normalized spacial score (nSPS) is 16.2. The Morgan fingerprint density at radius 3 is 2.41 bits per heavy atom. The van der Waals surface area contributed by atoms with Gasteiger partial charge in [0.1, 0.15) is 29.0 Å². The summed E-state index contributed by atoms with van der Waals surface area (Å²) in [7, 11) is 0. The van der Waals surface area contributed by atoms with Crippen LogP contribution in [0.25, 0.3) is 22.6 Å². The van der Waals surface area contributed by atoms with E-state index in [1.54, 1.807) is 18.2 Å². The van der Waals surface area contributed by atoms with Gasteiger partial charge < -0.3 is 10.6 Å². The van der Waals surface area contributed by atoms with Crippen molar-refractivity contribution in [3.63, 3.8) is 0 Å². The third kappa shape index (κ3) is 3.11. The van der Waals surface area contributed by atoms with Gasteiger partial charge in [-0.05, 0) is 12.1 Å². The smallest absolute Gasteiger partial charge is 0.226 e. The molecule has 170 valence electrons. The molecule has 34 heavy (non-hydrogen) atoms. The third-order valence-corrected chi connectivity index (χ3v) is 6.17. The number of amides is 2. The molecule has 0 spiro atoms. The first-order valence-corrected chi connectivity index (χ1v) is 10.6. The average Bonchev–Trinajstić information content (AvgIpc) is 3.11. The molecule has 11 heteroatoms. The van der Waals surface area contributed by atoms with Crippen molar-refractivity contribution in [2.75, 3.05) is 10.6 Å². The van der Waals surface area contributed by atoms with Gasteiger partial charge in [-0.3, -0.25) is 9.59 Å². The lowest BCUT2D eigenvalue weighted by Crippen LogP contribution is -2.43. The van der Waals surface area contributed by atoms with Crippen LogP contribution in [0.1, 0.15) is 30.9 Å². The Hall–Kier alpha value is -4.28. The lowest BCUT2D eigenvalue weighted by Gasteiger charge is -2.38. The van der Waals surface area contributed by atoms with Crippen LogP contribution < -0.4 is 10.6 Å². The van der Waals surface area contributed by atoms with Crippen molar-refractivity contribution in [3.8, 4) is 11.5 Å². The molecule has 2 N–H and O–H groups in total. The predicted molar refractivity (Wildman–Crippen MR) is 118 cm³/mol. The number of pyridine rings is 1. The summed E-state index contributed by atoms with van der Waals surface area (Å²) >= 11 is 0. The number of nitrogens with zero attached hydrogens (tertiary/aromatic N) is 5. The van der Waals surface area contributed by atoms with Crippen LogP contribution in [0.3, 0.4) is 0 Å². The molecular formula is C23H17F2N7O2. The predicted octanol–water partition coefficient (Wildman–Crippen LogP) is 3.16. The first-order valence-electron chi connectivity index (χ1n) is 10.6. The van der Waals surface area contributed by atoms with Crippen molar-refractivity contribution < 1.29 is 18.4 Å². The van der Waals surface area contributed by atoms with E-state index in [0.29, 0.717) is 22.2 Å². The Kier molecular flexibility index (Phi) is 4.25. The number of anilines is 2. The monoisotopic (exact) mass is 461 g/mol. The zero-order valence-electron chi connectivity index (χ0n) is 17.9. The highest BCUT2D eigenvalue weighted by Crippen LogP contribution is 2.46. The molecule has 3 aromatic heterocycles. The molecule has 2 amide bonds. The second-order valence-corrected chi connectivity index (χ2v) is 8.75. The number of rotatable bonds is 3. The number of hydrogen-bond acceptors (Lipinski definition) is 6. The maximum atomic E-state index is 14.3. The summed E-state index contributed by atoms with van der Waals surface area (Å²) in [5, 5.41) is 10.3. The van der Waals surface area contributed by atoms with Crippen LogP contribution in [-0.4, -0.2) is 36.5 Å². The number of carbonyl (C=O) groups is 2. The van der Waals surface area contributed by atoms with Gasteiger partial charge in [0.2, 0.25) is 11.8 Å². The van der Waals surface area contributed by atoms with E-state index < -0.39 is 17.0 Å². The molecule has 2 aliphatic heterocycles. The van der Waals surface area contributed by atoms with Gasteiger partial charge in [0.15, 0.2) is 11.5 Å².